The predicted molar refractivity (Wildman–Crippen MR) is 88.8 cm³/mol. The Balaban J connectivity index is 2.28. The Morgan fingerprint density at radius 2 is 2.00 bits per heavy atom. The van der Waals surface area contributed by atoms with Gasteiger partial charge < -0.3 is 10.1 Å². The van der Waals surface area contributed by atoms with Gasteiger partial charge in [0.25, 0.3) is 0 Å². The third kappa shape index (κ3) is 4.10. The van der Waals surface area contributed by atoms with Crippen LogP contribution < -0.4 is 5.32 Å². The predicted octanol–water partition coefficient (Wildman–Crippen LogP) is 2.00. The Morgan fingerprint density at radius 3 is 2.61 bits per heavy atom. The zero-order valence-corrected chi connectivity index (χ0v) is 14.6. The van der Waals surface area contributed by atoms with Crippen molar-refractivity contribution in [2.24, 2.45) is 5.92 Å². The summed E-state index contributed by atoms with van der Waals surface area (Å²) in [4.78, 5) is 12.2. The van der Waals surface area contributed by atoms with E-state index in [0.717, 1.165) is 6.42 Å². The molecule has 0 unspecified atom stereocenters. The zero-order valence-electron chi connectivity index (χ0n) is 13.8. The molecule has 0 saturated carbocycles. The number of carbonyl (C=O) groups is 1. The van der Waals surface area contributed by atoms with E-state index in [1.807, 2.05) is 13.8 Å². The van der Waals surface area contributed by atoms with Crippen LogP contribution in [0.2, 0.25) is 0 Å². The highest BCUT2D eigenvalue weighted by Gasteiger charge is 2.28. The monoisotopic (exact) mass is 340 g/mol. The molecule has 1 saturated heterocycles. The molecular formula is C16H24N2O4S. The van der Waals surface area contributed by atoms with Crippen LogP contribution in [0, 0.1) is 12.8 Å². The standard InChI is InChI=1S/C16H24N2O4S/c1-4-12(2)16(19)17-14-6-5-13(3)15(11-14)23(20,21)18-7-9-22-10-8-18/h5-6,11-12H,4,7-10H2,1-3H3,(H,17,19)/t12-/m1/s1. The van der Waals surface area contributed by atoms with Gasteiger partial charge in [-0.2, -0.15) is 4.31 Å². The molecule has 0 aliphatic carbocycles. The Morgan fingerprint density at radius 1 is 1.35 bits per heavy atom. The third-order valence-corrected chi connectivity index (χ3v) is 6.14. The number of rotatable bonds is 5. The Hall–Kier alpha value is -1.44. The molecule has 1 aliphatic rings. The van der Waals surface area contributed by atoms with Gasteiger partial charge in [0.05, 0.1) is 18.1 Å². The first-order valence-corrected chi connectivity index (χ1v) is 9.29. The Kier molecular flexibility index (Phi) is 5.78. The van der Waals surface area contributed by atoms with Gasteiger partial charge >= 0.3 is 0 Å². The van der Waals surface area contributed by atoms with Crippen molar-refractivity contribution in [3.8, 4) is 0 Å². The molecule has 23 heavy (non-hydrogen) atoms. The molecule has 2 rings (SSSR count). The van der Waals surface area contributed by atoms with Crippen LogP contribution in [0.5, 0.6) is 0 Å². The minimum Gasteiger partial charge on any atom is -0.379 e. The van der Waals surface area contributed by atoms with Crippen molar-refractivity contribution >= 4 is 21.6 Å². The molecule has 1 atom stereocenters. The van der Waals surface area contributed by atoms with E-state index in [9.17, 15) is 13.2 Å². The Bertz CT molecular complexity index is 667. The van der Waals surface area contributed by atoms with Gasteiger partial charge in [0, 0.05) is 24.7 Å². The van der Waals surface area contributed by atoms with Gasteiger partial charge in [-0.1, -0.05) is 19.9 Å². The van der Waals surface area contributed by atoms with Gasteiger partial charge in [-0.25, -0.2) is 8.42 Å². The topological polar surface area (TPSA) is 75.7 Å². The van der Waals surface area contributed by atoms with Crippen molar-refractivity contribution in [2.45, 2.75) is 32.1 Å². The molecule has 1 aliphatic heterocycles. The molecule has 0 bridgehead atoms. The smallest absolute Gasteiger partial charge is 0.243 e. The number of carbonyl (C=O) groups excluding carboxylic acids is 1. The molecule has 128 valence electrons. The first-order valence-electron chi connectivity index (χ1n) is 7.85. The normalized spacial score (nSPS) is 17.7. The maximum absolute atomic E-state index is 12.8. The van der Waals surface area contributed by atoms with Gasteiger partial charge in [-0.3, -0.25) is 4.79 Å². The highest BCUT2D eigenvalue weighted by Crippen LogP contribution is 2.24. The average molecular weight is 340 g/mol. The number of hydrogen-bond donors (Lipinski definition) is 1. The summed E-state index contributed by atoms with van der Waals surface area (Å²) in [6, 6.07) is 4.99. The summed E-state index contributed by atoms with van der Waals surface area (Å²) in [6.07, 6.45) is 0.733. The van der Waals surface area contributed by atoms with Crippen LogP contribution in [0.1, 0.15) is 25.8 Å². The maximum atomic E-state index is 12.8. The van der Waals surface area contributed by atoms with Crippen molar-refractivity contribution in [2.75, 3.05) is 31.6 Å². The molecule has 1 amide bonds. The maximum Gasteiger partial charge on any atom is 0.243 e. The highest BCUT2D eigenvalue weighted by atomic mass is 32.2. The average Bonchev–Trinajstić information content (AvgIpc) is 2.56. The SMILES string of the molecule is CC[C@@H](C)C(=O)Nc1ccc(C)c(S(=O)(=O)N2CCOCC2)c1. The molecule has 1 heterocycles. The number of sulfonamides is 1. The van der Waals surface area contributed by atoms with Crippen LogP contribution in [0.3, 0.4) is 0 Å². The van der Waals surface area contributed by atoms with Crippen molar-refractivity contribution in [1.82, 2.24) is 4.31 Å². The highest BCUT2D eigenvalue weighted by molar-refractivity contribution is 7.89. The number of anilines is 1. The lowest BCUT2D eigenvalue weighted by Crippen LogP contribution is -2.40. The van der Waals surface area contributed by atoms with Crippen LogP contribution in [0.4, 0.5) is 5.69 Å². The van der Waals surface area contributed by atoms with Gasteiger partial charge in [0.2, 0.25) is 15.9 Å². The van der Waals surface area contributed by atoms with Gasteiger partial charge in [0.1, 0.15) is 0 Å². The molecule has 1 aromatic rings. The van der Waals surface area contributed by atoms with E-state index < -0.39 is 10.0 Å². The van der Waals surface area contributed by atoms with Crippen molar-refractivity contribution in [3.63, 3.8) is 0 Å². The summed E-state index contributed by atoms with van der Waals surface area (Å²) in [5.41, 5.74) is 1.17. The van der Waals surface area contributed by atoms with E-state index in [2.05, 4.69) is 5.32 Å². The second kappa shape index (κ2) is 7.42. The van der Waals surface area contributed by atoms with Gasteiger partial charge in [-0.05, 0) is 31.0 Å². The second-order valence-electron chi connectivity index (χ2n) is 5.80. The van der Waals surface area contributed by atoms with Crippen molar-refractivity contribution < 1.29 is 17.9 Å². The van der Waals surface area contributed by atoms with E-state index in [1.54, 1.807) is 25.1 Å². The molecular weight excluding hydrogens is 316 g/mol. The first kappa shape index (κ1) is 17.9. The summed E-state index contributed by atoms with van der Waals surface area (Å²) < 4.78 is 32.2. The van der Waals surface area contributed by atoms with Crippen LogP contribution in [-0.4, -0.2) is 44.9 Å². The molecule has 0 spiro atoms. The van der Waals surface area contributed by atoms with Crippen LogP contribution >= 0.6 is 0 Å². The number of aryl methyl sites for hydroxylation is 1. The summed E-state index contributed by atoms with van der Waals surface area (Å²) >= 11 is 0. The van der Waals surface area contributed by atoms with Gasteiger partial charge in [0.15, 0.2) is 0 Å². The molecule has 1 aromatic carbocycles. The molecule has 1 N–H and O–H groups in total. The van der Waals surface area contributed by atoms with E-state index in [0.29, 0.717) is 37.6 Å². The summed E-state index contributed by atoms with van der Waals surface area (Å²) in [5, 5.41) is 2.79. The molecule has 0 aromatic heterocycles. The number of amides is 1. The summed E-state index contributed by atoms with van der Waals surface area (Å²) in [5.74, 6) is -0.221. The largest absolute Gasteiger partial charge is 0.379 e. The third-order valence-electron chi connectivity index (χ3n) is 4.10. The fourth-order valence-corrected chi connectivity index (χ4v) is 3.99. The number of ether oxygens (including phenoxy) is 1. The second-order valence-corrected chi connectivity index (χ2v) is 7.70. The van der Waals surface area contributed by atoms with E-state index >= 15 is 0 Å². The fraction of sp³-hybridized carbons (Fsp3) is 0.562. The summed E-state index contributed by atoms with van der Waals surface area (Å²) in [6.45, 7) is 7.05. The van der Waals surface area contributed by atoms with Crippen molar-refractivity contribution in [1.29, 1.82) is 0 Å². The minimum absolute atomic E-state index is 0.105. The van der Waals surface area contributed by atoms with Crippen LogP contribution in [0.25, 0.3) is 0 Å². The van der Waals surface area contributed by atoms with E-state index in [-0.39, 0.29) is 16.7 Å². The molecule has 7 heteroatoms. The summed E-state index contributed by atoms with van der Waals surface area (Å²) in [7, 11) is -3.57. The lowest BCUT2D eigenvalue weighted by molar-refractivity contribution is -0.119. The molecule has 1 fully saturated rings. The van der Waals surface area contributed by atoms with Crippen LogP contribution in [0.15, 0.2) is 23.1 Å². The quantitative estimate of drug-likeness (QED) is 0.889. The lowest BCUT2D eigenvalue weighted by Gasteiger charge is -2.27. The minimum atomic E-state index is -3.57. The van der Waals surface area contributed by atoms with Crippen molar-refractivity contribution in [3.05, 3.63) is 23.8 Å². The number of nitrogens with one attached hydrogen (secondary N) is 1. The number of benzene rings is 1. The van der Waals surface area contributed by atoms with Crippen LogP contribution in [-0.2, 0) is 19.6 Å². The Labute approximate surface area is 137 Å². The van der Waals surface area contributed by atoms with E-state index in [4.69, 9.17) is 4.74 Å². The van der Waals surface area contributed by atoms with E-state index in [1.165, 1.54) is 4.31 Å². The number of morpholine rings is 1. The molecule has 6 nitrogen and oxygen atoms in total. The zero-order chi connectivity index (χ0) is 17.0. The first-order chi connectivity index (χ1) is 10.9. The molecule has 0 radical (unpaired) electrons. The number of nitrogens with zero attached hydrogens (tertiary/aromatic N) is 1. The van der Waals surface area contributed by atoms with Gasteiger partial charge in [-0.15, -0.1) is 0 Å². The lowest BCUT2D eigenvalue weighted by atomic mass is 10.1. The fourth-order valence-electron chi connectivity index (χ4n) is 2.33. The number of hydrogen-bond acceptors (Lipinski definition) is 4.